The van der Waals surface area contributed by atoms with E-state index < -0.39 is 0 Å². The van der Waals surface area contributed by atoms with Crippen LogP contribution in [-0.4, -0.2) is 48.6 Å². The molecule has 1 fully saturated rings. The third-order valence-corrected chi connectivity index (χ3v) is 3.90. The second kappa shape index (κ2) is 6.32. The van der Waals surface area contributed by atoms with Crippen LogP contribution in [0.5, 0.6) is 5.75 Å². The molecule has 0 spiro atoms. The summed E-state index contributed by atoms with van der Waals surface area (Å²) in [7, 11) is 1.63. The lowest BCUT2D eigenvalue weighted by Crippen LogP contribution is -2.44. The first-order valence-electron chi connectivity index (χ1n) is 7.74. The van der Waals surface area contributed by atoms with E-state index in [1.165, 1.54) is 0 Å². The summed E-state index contributed by atoms with van der Waals surface area (Å²) >= 11 is 0. The number of rotatable bonds is 4. The maximum Gasteiger partial charge on any atom is 0.298 e. The van der Waals surface area contributed by atoms with Gasteiger partial charge in [-0.15, -0.1) is 0 Å². The number of hydrogen-bond acceptors (Lipinski definition) is 8. The molecular weight excluding hydrogens is 310 g/mol. The van der Waals surface area contributed by atoms with E-state index in [1.54, 1.807) is 13.2 Å². The summed E-state index contributed by atoms with van der Waals surface area (Å²) < 4.78 is 15.9. The number of ether oxygens (including phenoxy) is 1. The summed E-state index contributed by atoms with van der Waals surface area (Å²) in [5.41, 5.74) is 1.58. The van der Waals surface area contributed by atoms with E-state index in [0.717, 1.165) is 37.5 Å². The maximum absolute atomic E-state index is 5.36. The number of hydrogen-bond donors (Lipinski definition) is 1. The van der Waals surface area contributed by atoms with Gasteiger partial charge in [0.25, 0.3) is 11.8 Å². The molecule has 2 aromatic heterocycles. The highest BCUT2D eigenvalue weighted by atomic mass is 16.5. The summed E-state index contributed by atoms with van der Waals surface area (Å²) in [5.74, 6) is 2.11. The first-order chi connectivity index (χ1) is 11.8. The van der Waals surface area contributed by atoms with E-state index >= 15 is 0 Å². The number of methoxy groups -OCH3 is 1. The van der Waals surface area contributed by atoms with Gasteiger partial charge < -0.3 is 24.0 Å². The lowest BCUT2D eigenvalue weighted by molar-refractivity contribution is 0.385. The van der Waals surface area contributed by atoms with Crippen LogP contribution in [0.1, 0.15) is 0 Å². The van der Waals surface area contributed by atoms with Crippen LogP contribution < -0.4 is 15.0 Å². The molecule has 1 saturated heterocycles. The molecule has 8 nitrogen and oxygen atoms in total. The second-order valence-corrected chi connectivity index (χ2v) is 5.44. The first kappa shape index (κ1) is 14.7. The van der Waals surface area contributed by atoms with E-state index in [-0.39, 0.29) is 0 Å². The molecule has 8 heteroatoms. The van der Waals surface area contributed by atoms with Crippen LogP contribution in [0.4, 0.5) is 5.95 Å². The minimum absolute atomic E-state index is 0.324. The Morgan fingerprint density at radius 1 is 1.12 bits per heavy atom. The zero-order chi connectivity index (χ0) is 16.4. The number of benzene rings is 1. The van der Waals surface area contributed by atoms with Crippen molar-refractivity contribution in [2.24, 2.45) is 0 Å². The van der Waals surface area contributed by atoms with E-state index in [0.29, 0.717) is 23.3 Å². The molecule has 4 rings (SSSR count). The zero-order valence-corrected chi connectivity index (χ0v) is 13.2. The van der Waals surface area contributed by atoms with Gasteiger partial charge in [0.05, 0.1) is 7.11 Å². The summed E-state index contributed by atoms with van der Waals surface area (Å²) in [4.78, 5) is 6.48. The normalized spacial score (nSPS) is 14.8. The molecule has 1 N–H and O–H groups in total. The van der Waals surface area contributed by atoms with Crippen LogP contribution in [0.25, 0.3) is 22.9 Å². The maximum atomic E-state index is 5.36. The Morgan fingerprint density at radius 2 is 2.00 bits per heavy atom. The standard InChI is InChI=1S/C16H17N5O3/c1-22-12-4-2-3-11(9-12)13-10-14(23-19-13)15-18-16(20-24-15)21-7-5-17-6-8-21/h2-4,9-10,17H,5-8H2,1H3. The molecule has 0 radical (unpaired) electrons. The van der Waals surface area contributed by atoms with Crippen LogP contribution in [0.15, 0.2) is 39.4 Å². The Morgan fingerprint density at radius 3 is 2.83 bits per heavy atom. The number of nitrogens with zero attached hydrogens (tertiary/aromatic N) is 4. The molecule has 24 heavy (non-hydrogen) atoms. The molecule has 0 atom stereocenters. The highest BCUT2D eigenvalue weighted by molar-refractivity contribution is 5.64. The molecule has 1 aromatic carbocycles. The molecule has 1 aliphatic heterocycles. The third-order valence-electron chi connectivity index (χ3n) is 3.90. The minimum Gasteiger partial charge on any atom is -0.497 e. The van der Waals surface area contributed by atoms with Gasteiger partial charge in [0.2, 0.25) is 5.76 Å². The lowest BCUT2D eigenvalue weighted by atomic mass is 10.1. The van der Waals surface area contributed by atoms with Gasteiger partial charge in [-0.25, -0.2) is 0 Å². The highest BCUT2D eigenvalue weighted by Gasteiger charge is 2.20. The molecule has 0 bridgehead atoms. The number of piperazine rings is 1. The molecular formula is C16H17N5O3. The molecule has 3 heterocycles. The van der Waals surface area contributed by atoms with E-state index in [2.05, 4.69) is 25.5 Å². The molecule has 124 valence electrons. The average Bonchev–Trinajstić information content (AvgIpc) is 3.32. The molecule has 0 unspecified atom stereocenters. The van der Waals surface area contributed by atoms with Crippen molar-refractivity contribution < 1.29 is 13.8 Å². The summed E-state index contributed by atoms with van der Waals surface area (Å²) in [6.07, 6.45) is 0. The monoisotopic (exact) mass is 327 g/mol. The zero-order valence-electron chi connectivity index (χ0n) is 13.2. The summed E-state index contributed by atoms with van der Waals surface area (Å²) in [6, 6.07) is 9.38. The van der Waals surface area contributed by atoms with E-state index in [9.17, 15) is 0 Å². The second-order valence-electron chi connectivity index (χ2n) is 5.44. The fourth-order valence-corrected chi connectivity index (χ4v) is 2.60. The number of nitrogens with one attached hydrogen (secondary N) is 1. The van der Waals surface area contributed by atoms with Crippen molar-refractivity contribution >= 4 is 5.95 Å². The Bertz CT molecular complexity index is 822. The lowest BCUT2D eigenvalue weighted by Gasteiger charge is -2.25. The average molecular weight is 327 g/mol. The third kappa shape index (κ3) is 2.83. The summed E-state index contributed by atoms with van der Waals surface area (Å²) in [5, 5.41) is 11.4. The smallest absolute Gasteiger partial charge is 0.298 e. The molecule has 0 aliphatic carbocycles. The van der Waals surface area contributed by atoms with Gasteiger partial charge in [0.15, 0.2) is 0 Å². The molecule has 0 saturated carbocycles. The van der Waals surface area contributed by atoms with Crippen LogP contribution in [0.3, 0.4) is 0 Å². The fraction of sp³-hybridized carbons (Fsp3) is 0.312. The van der Waals surface area contributed by atoms with Crippen LogP contribution in [0.2, 0.25) is 0 Å². The largest absolute Gasteiger partial charge is 0.497 e. The van der Waals surface area contributed by atoms with Gasteiger partial charge in [0.1, 0.15) is 11.4 Å². The molecule has 1 aliphatic rings. The van der Waals surface area contributed by atoms with Gasteiger partial charge >= 0.3 is 0 Å². The topological polar surface area (TPSA) is 89.5 Å². The quantitative estimate of drug-likeness (QED) is 0.776. The molecule has 0 amide bonds. The van der Waals surface area contributed by atoms with Crippen molar-refractivity contribution in [2.75, 3.05) is 38.2 Å². The molecule has 3 aromatic rings. The van der Waals surface area contributed by atoms with Crippen LogP contribution >= 0.6 is 0 Å². The predicted octanol–water partition coefficient (Wildman–Crippen LogP) is 1.81. The minimum atomic E-state index is 0.324. The van der Waals surface area contributed by atoms with Gasteiger partial charge in [-0.3, -0.25) is 0 Å². The van der Waals surface area contributed by atoms with Crippen molar-refractivity contribution in [1.82, 2.24) is 20.6 Å². The van der Waals surface area contributed by atoms with Gasteiger partial charge in [0, 0.05) is 37.8 Å². The van der Waals surface area contributed by atoms with Gasteiger partial charge in [-0.1, -0.05) is 17.3 Å². The number of aromatic nitrogens is 3. The van der Waals surface area contributed by atoms with Crippen LogP contribution in [-0.2, 0) is 0 Å². The van der Waals surface area contributed by atoms with Crippen molar-refractivity contribution in [3.05, 3.63) is 30.3 Å². The Kier molecular flexibility index (Phi) is 3.87. The highest BCUT2D eigenvalue weighted by Crippen LogP contribution is 2.28. The van der Waals surface area contributed by atoms with E-state index in [4.69, 9.17) is 13.8 Å². The van der Waals surface area contributed by atoms with Crippen molar-refractivity contribution in [1.29, 1.82) is 0 Å². The summed E-state index contributed by atoms with van der Waals surface area (Å²) in [6.45, 7) is 3.52. The Hall–Kier alpha value is -2.87. The van der Waals surface area contributed by atoms with Gasteiger partial charge in [-0.2, -0.15) is 4.98 Å². The Labute approximate surface area is 138 Å². The fourth-order valence-electron chi connectivity index (χ4n) is 2.60. The van der Waals surface area contributed by atoms with E-state index in [1.807, 2.05) is 24.3 Å². The number of anilines is 1. The predicted molar refractivity (Wildman–Crippen MR) is 86.9 cm³/mol. The van der Waals surface area contributed by atoms with Crippen molar-refractivity contribution in [2.45, 2.75) is 0 Å². The van der Waals surface area contributed by atoms with Gasteiger partial charge in [-0.05, 0) is 17.3 Å². The first-order valence-corrected chi connectivity index (χ1v) is 7.74. The van der Waals surface area contributed by atoms with Crippen molar-refractivity contribution in [3.8, 4) is 28.7 Å². The van der Waals surface area contributed by atoms with Crippen molar-refractivity contribution in [3.63, 3.8) is 0 Å². The van der Waals surface area contributed by atoms with Crippen LogP contribution in [0, 0.1) is 0 Å². The Balaban J connectivity index is 1.57. The SMILES string of the molecule is COc1cccc(-c2cc(-c3nc(N4CCNCC4)no3)on2)c1.